The Bertz CT molecular complexity index is 660. The zero-order valence-corrected chi connectivity index (χ0v) is 11.0. The van der Waals surface area contributed by atoms with Crippen LogP contribution in [0.1, 0.15) is 22.0 Å². The summed E-state index contributed by atoms with van der Waals surface area (Å²) in [6.07, 6.45) is 2.51. The number of anilines is 1. The fourth-order valence-electron chi connectivity index (χ4n) is 1.97. The minimum absolute atomic E-state index is 0.0432. The maximum absolute atomic E-state index is 10.7. The summed E-state index contributed by atoms with van der Waals surface area (Å²) in [7, 11) is 0. The first-order valence-corrected chi connectivity index (χ1v) is 6.25. The molecule has 7 heteroatoms. The average Bonchev–Trinajstić information content (AvgIpc) is 2.82. The molecule has 0 bridgehead atoms. The third kappa shape index (κ3) is 2.37. The van der Waals surface area contributed by atoms with E-state index < -0.39 is 5.97 Å². The second-order valence-corrected chi connectivity index (χ2v) is 4.73. The largest absolute Gasteiger partial charge is 0.491 e. The molecule has 2 aromatic rings. The van der Waals surface area contributed by atoms with Crippen molar-refractivity contribution in [1.29, 1.82) is 0 Å². The summed E-state index contributed by atoms with van der Waals surface area (Å²) in [5.41, 5.74) is 0.977. The predicted octanol–water partition coefficient (Wildman–Crippen LogP) is 2.37. The number of carboxylic acids is 1. The van der Waals surface area contributed by atoms with Crippen molar-refractivity contribution in [3.05, 3.63) is 46.7 Å². The van der Waals surface area contributed by atoms with Crippen LogP contribution in [0.5, 0.6) is 5.75 Å². The van der Waals surface area contributed by atoms with Gasteiger partial charge in [-0.3, -0.25) is 0 Å². The molecular formula is C13H10ClN3O3. The lowest BCUT2D eigenvalue weighted by molar-refractivity contribution is 0.0696. The van der Waals surface area contributed by atoms with Gasteiger partial charge in [0.1, 0.15) is 12.4 Å². The van der Waals surface area contributed by atoms with Crippen molar-refractivity contribution in [1.82, 2.24) is 9.97 Å². The zero-order chi connectivity index (χ0) is 14.1. The molecule has 1 aromatic heterocycles. The highest BCUT2D eigenvalue weighted by Gasteiger charge is 2.25. The third-order valence-electron chi connectivity index (χ3n) is 2.95. The van der Waals surface area contributed by atoms with Crippen molar-refractivity contribution < 1.29 is 14.6 Å². The molecule has 1 atom stereocenters. The molecule has 1 aliphatic rings. The molecule has 0 saturated carbocycles. The van der Waals surface area contributed by atoms with Gasteiger partial charge in [-0.1, -0.05) is 11.6 Å². The standard InChI is InChI=1S/C13H10ClN3O3/c14-8-1-2-11-9(3-8)10(6-20-11)17-13-15-4-7(5-16-13)12(18)19/h1-5,10H,6H2,(H,18,19)(H,15,16,17)/t10-/m0/s1. The number of aromatic carboxylic acids is 1. The van der Waals surface area contributed by atoms with Gasteiger partial charge in [-0.05, 0) is 18.2 Å². The second-order valence-electron chi connectivity index (χ2n) is 4.29. The first-order chi connectivity index (χ1) is 9.63. The molecule has 0 aliphatic carbocycles. The van der Waals surface area contributed by atoms with E-state index in [-0.39, 0.29) is 11.6 Å². The van der Waals surface area contributed by atoms with Crippen molar-refractivity contribution in [3.63, 3.8) is 0 Å². The monoisotopic (exact) mass is 291 g/mol. The average molecular weight is 292 g/mol. The molecule has 3 rings (SSSR count). The number of fused-ring (bicyclic) bond motifs is 1. The Morgan fingerprint density at radius 1 is 1.40 bits per heavy atom. The molecule has 0 spiro atoms. The Labute approximate surface area is 119 Å². The van der Waals surface area contributed by atoms with Crippen molar-refractivity contribution in [3.8, 4) is 5.75 Å². The first-order valence-electron chi connectivity index (χ1n) is 5.87. The Kier molecular flexibility index (Phi) is 3.15. The van der Waals surface area contributed by atoms with Crippen LogP contribution < -0.4 is 10.1 Å². The Morgan fingerprint density at radius 3 is 2.85 bits per heavy atom. The van der Waals surface area contributed by atoms with E-state index >= 15 is 0 Å². The fourth-order valence-corrected chi connectivity index (χ4v) is 2.15. The van der Waals surface area contributed by atoms with Crippen LogP contribution in [0.25, 0.3) is 0 Å². The summed E-state index contributed by atoms with van der Waals surface area (Å²) in [6.45, 7) is 0.444. The Hall–Kier alpha value is -2.34. The number of carboxylic acid groups (broad SMARTS) is 1. The van der Waals surface area contributed by atoms with Gasteiger partial charge >= 0.3 is 5.97 Å². The molecular weight excluding hydrogens is 282 g/mol. The maximum atomic E-state index is 10.7. The van der Waals surface area contributed by atoms with Gasteiger partial charge in [0, 0.05) is 23.0 Å². The van der Waals surface area contributed by atoms with E-state index in [1.807, 2.05) is 12.1 Å². The number of rotatable bonds is 3. The molecule has 0 amide bonds. The minimum atomic E-state index is -1.06. The number of hydrogen-bond donors (Lipinski definition) is 2. The van der Waals surface area contributed by atoms with E-state index in [9.17, 15) is 4.79 Å². The quantitative estimate of drug-likeness (QED) is 0.903. The number of nitrogens with one attached hydrogen (secondary N) is 1. The summed E-state index contributed by atoms with van der Waals surface area (Å²) >= 11 is 5.97. The van der Waals surface area contributed by atoms with Gasteiger partial charge in [0.05, 0.1) is 11.6 Å². The summed E-state index contributed by atoms with van der Waals surface area (Å²) in [6, 6.07) is 5.29. The number of carbonyl (C=O) groups is 1. The lowest BCUT2D eigenvalue weighted by Crippen LogP contribution is -2.14. The molecule has 6 nitrogen and oxygen atoms in total. The van der Waals surface area contributed by atoms with E-state index in [0.717, 1.165) is 11.3 Å². The minimum Gasteiger partial charge on any atom is -0.491 e. The van der Waals surface area contributed by atoms with Crippen molar-refractivity contribution in [2.24, 2.45) is 0 Å². The molecule has 2 N–H and O–H groups in total. The summed E-state index contributed by atoms with van der Waals surface area (Å²) in [5, 5.41) is 12.5. The van der Waals surface area contributed by atoms with E-state index in [0.29, 0.717) is 17.6 Å². The predicted molar refractivity (Wildman–Crippen MR) is 72.3 cm³/mol. The number of halogens is 1. The Morgan fingerprint density at radius 2 is 2.15 bits per heavy atom. The summed E-state index contributed by atoms with van der Waals surface area (Å²) in [5.74, 6) is 0.0587. The SMILES string of the molecule is O=C(O)c1cnc(N[C@H]2COc3ccc(Cl)cc32)nc1. The lowest BCUT2D eigenvalue weighted by atomic mass is 10.1. The van der Waals surface area contributed by atoms with Gasteiger partial charge < -0.3 is 15.2 Å². The van der Waals surface area contributed by atoms with Gasteiger partial charge in [-0.15, -0.1) is 0 Å². The number of aromatic nitrogens is 2. The van der Waals surface area contributed by atoms with Gasteiger partial charge in [-0.2, -0.15) is 0 Å². The molecule has 2 heterocycles. The van der Waals surface area contributed by atoms with Gasteiger partial charge in [-0.25, -0.2) is 14.8 Å². The zero-order valence-electron chi connectivity index (χ0n) is 10.2. The van der Waals surface area contributed by atoms with E-state index in [2.05, 4.69) is 15.3 Å². The lowest BCUT2D eigenvalue weighted by Gasteiger charge is -2.11. The van der Waals surface area contributed by atoms with E-state index in [1.54, 1.807) is 6.07 Å². The van der Waals surface area contributed by atoms with Crippen LogP contribution in [0.3, 0.4) is 0 Å². The highest BCUT2D eigenvalue weighted by Crippen LogP contribution is 2.35. The van der Waals surface area contributed by atoms with Crippen LogP contribution in [-0.4, -0.2) is 27.7 Å². The highest BCUT2D eigenvalue weighted by atomic mass is 35.5. The van der Waals surface area contributed by atoms with Crippen LogP contribution >= 0.6 is 11.6 Å². The van der Waals surface area contributed by atoms with Crippen LogP contribution in [0, 0.1) is 0 Å². The van der Waals surface area contributed by atoms with Crippen molar-refractivity contribution in [2.75, 3.05) is 11.9 Å². The van der Waals surface area contributed by atoms with Gasteiger partial charge in [0.2, 0.25) is 5.95 Å². The third-order valence-corrected chi connectivity index (χ3v) is 3.19. The van der Waals surface area contributed by atoms with Crippen molar-refractivity contribution >= 4 is 23.5 Å². The van der Waals surface area contributed by atoms with Gasteiger partial charge in [0.25, 0.3) is 0 Å². The molecule has 102 valence electrons. The molecule has 0 fully saturated rings. The normalized spacial score (nSPS) is 16.4. The highest BCUT2D eigenvalue weighted by molar-refractivity contribution is 6.30. The first kappa shape index (κ1) is 12.7. The molecule has 0 unspecified atom stereocenters. The fraction of sp³-hybridized carbons (Fsp3) is 0.154. The molecule has 0 saturated heterocycles. The van der Waals surface area contributed by atoms with Crippen LogP contribution in [0.15, 0.2) is 30.6 Å². The second kappa shape index (κ2) is 4.97. The van der Waals surface area contributed by atoms with Crippen LogP contribution in [0.4, 0.5) is 5.95 Å². The van der Waals surface area contributed by atoms with Crippen LogP contribution in [0.2, 0.25) is 5.02 Å². The molecule has 1 aromatic carbocycles. The smallest absolute Gasteiger partial charge is 0.338 e. The number of benzene rings is 1. The summed E-state index contributed by atoms with van der Waals surface area (Å²) in [4.78, 5) is 18.7. The number of hydrogen-bond acceptors (Lipinski definition) is 5. The van der Waals surface area contributed by atoms with Crippen molar-refractivity contribution in [2.45, 2.75) is 6.04 Å². The van der Waals surface area contributed by atoms with E-state index in [4.69, 9.17) is 21.4 Å². The maximum Gasteiger partial charge on any atom is 0.338 e. The topological polar surface area (TPSA) is 84.3 Å². The molecule has 1 aliphatic heterocycles. The number of nitrogens with zero attached hydrogens (tertiary/aromatic N) is 2. The van der Waals surface area contributed by atoms with Crippen LogP contribution in [-0.2, 0) is 0 Å². The molecule has 0 radical (unpaired) electrons. The number of ether oxygens (including phenoxy) is 1. The Balaban J connectivity index is 1.80. The van der Waals surface area contributed by atoms with E-state index in [1.165, 1.54) is 12.4 Å². The van der Waals surface area contributed by atoms with Gasteiger partial charge in [0.15, 0.2) is 0 Å². The molecule has 20 heavy (non-hydrogen) atoms. The summed E-state index contributed by atoms with van der Waals surface area (Å²) < 4.78 is 5.53.